The van der Waals surface area contributed by atoms with Crippen molar-refractivity contribution < 1.29 is 4.39 Å². The molecule has 0 aliphatic carbocycles. The summed E-state index contributed by atoms with van der Waals surface area (Å²) < 4.78 is 15.1. The van der Waals surface area contributed by atoms with Gasteiger partial charge in [0.15, 0.2) is 0 Å². The number of hydrogen-bond acceptors (Lipinski definition) is 3. The van der Waals surface area contributed by atoms with E-state index in [4.69, 9.17) is 5.10 Å². The minimum Gasteiger partial charge on any atom is -0.369 e. The Kier molecular flexibility index (Phi) is 3.58. The maximum atomic E-state index is 13.1. The van der Waals surface area contributed by atoms with Crippen LogP contribution in [0.3, 0.4) is 0 Å². The number of aromatic nitrogens is 2. The van der Waals surface area contributed by atoms with Crippen molar-refractivity contribution in [3.8, 4) is 5.69 Å². The van der Waals surface area contributed by atoms with Crippen molar-refractivity contribution in [1.29, 1.82) is 0 Å². The fourth-order valence-electron chi connectivity index (χ4n) is 3.47. The highest BCUT2D eigenvalue weighted by Crippen LogP contribution is 2.29. The first-order valence-electron chi connectivity index (χ1n) is 8.14. The summed E-state index contributed by atoms with van der Waals surface area (Å²) in [6.07, 6.45) is 4.96. The highest BCUT2D eigenvalue weighted by molar-refractivity contribution is 5.57. The van der Waals surface area contributed by atoms with Crippen LogP contribution in [0.15, 0.2) is 24.3 Å². The number of nitrogens with zero attached hydrogens (tertiary/aromatic N) is 3. The molecule has 4 nitrogen and oxygen atoms in total. The van der Waals surface area contributed by atoms with E-state index in [1.165, 1.54) is 55.7 Å². The first-order valence-corrected chi connectivity index (χ1v) is 8.14. The third-order valence-corrected chi connectivity index (χ3v) is 4.63. The summed E-state index contributed by atoms with van der Waals surface area (Å²) in [7, 11) is 0. The highest BCUT2D eigenvalue weighted by atomic mass is 19.1. The van der Waals surface area contributed by atoms with E-state index >= 15 is 0 Å². The van der Waals surface area contributed by atoms with Gasteiger partial charge in [0.05, 0.1) is 11.4 Å². The molecule has 2 aromatic rings. The second-order valence-electron chi connectivity index (χ2n) is 6.18. The second-order valence-corrected chi connectivity index (χ2v) is 6.18. The van der Waals surface area contributed by atoms with E-state index in [-0.39, 0.29) is 5.82 Å². The molecule has 1 fully saturated rings. The van der Waals surface area contributed by atoms with Crippen LogP contribution in [0.5, 0.6) is 0 Å². The van der Waals surface area contributed by atoms with Gasteiger partial charge in [-0.2, -0.15) is 5.10 Å². The first-order chi connectivity index (χ1) is 10.8. The van der Waals surface area contributed by atoms with E-state index in [0.29, 0.717) is 0 Å². The van der Waals surface area contributed by atoms with Crippen molar-refractivity contribution in [2.24, 2.45) is 0 Å². The van der Waals surface area contributed by atoms with Crippen molar-refractivity contribution in [1.82, 2.24) is 14.7 Å². The molecule has 116 valence electrons. The molecule has 2 aliphatic rings. The molecule has 1 aromatic carbocycles. The Morgan fingerprint density at radius 2 is 1.86 bits per heavy atom. The number of piperidine rings is 1. The molecule has 5 heteroatoms. The van der Waals surface area contributed by atoms with Crippen molar-refractivity contribution >= 4 is 5.82 Å². The van der Waals surface area contributed by atoms with Gasteiger partial charge in [0.1, 0.15) is 11.6 Å². The Labute approximate surface area is 129 Å². The molecule has 0 saturated carbocycles. The van der Waals surface area contributed by atoms with Crippen molar-refractivity contribution in [3.63, 3.8) is 0 Å². The number of nitrogens with one attached hydrogen (secondary N) is 1. The SMILES string of the molecule is Fc1ccc(-n2nc(CN3CCCCC3)c3c2NCC3)cc1. The third-order valence-electron chi connectivity index (χ3n) is 4.63. The predicted molar refractivity (Wildman–Crippen MR) is 84.8 cm³/mol. The molecule has 1 saturated heterocycles. The fourth-order valence-corrected chi connectivity index (χ4v) is 3.47. The Balaban J connectivity index is 1.65. The van der Waals surface area contributed by atoms with Crippen molar-refractivity contribution in [2.45, 2.75) is 32.2 Å². The van der Waals surface area contributed by atoms with Gasteiger partial charge in [-0.05, 0) is 56.6 Å². The maximum absolute atomic E-state index is 13.1. The fraction of sp³-hybridized carbons (Fsp3) is 0.471. The second kappa shape index (κ2) is 5.72. The molecule has 2 aliphatic heterocycles. The number of halogens is 1. The Morgan fingerprint density at radius 1 is 1.09 bits per heavy atom. The standard InChI is InChI=1S/C17H21FN4/c18-13-4-6-14(7-5-13)22-17-15(8-9-19-17)16(20-22)12-21-10-2-1-3-11-21/h4-7,19H,1-3,8-12H2. The largest absolute Gasteiger partial charge is 0.369 e. The number of anilines is 1. The molecule has 0 radical (unpaired) electrons. The van der Waals surface area contributed by atoms with E-state index in [0.717, 1.165) is 31.0 Å². The van der Waals surface area contributed by atoms with Crippen LogP contribution in [-0.4, -0.2) is 34.3 Å². The number of rotatable bonds is 3. The van der Waals surface area contributed by atoms with Crippen LogP contribution in [-0.2, 0) is 13.0 Å². The zero-order valence-corrected chi connectivity index (χ0v) is 12.7. The third kappa shape index (κ3) is 2.50. The van der Waals surface area contributed by atoms with Gasteiger partial charge < -0.3 is 5.32 Å². The van der Waals surface area contributed by atoms with E-state index in [1.54, 1.807) is 12.1 Å². The molecule has 0 atom stereocenters. The first kappa shape index (κ1) is 13.8. The Hall–Kier alpha value is -1.88. The molecule has 1 aromatic heterocycles. The summed E-state index contributed by atoms with van der Waals surface area (Å²) >= 11 is 0. The monoisotopic (exact) mass is 300 g/mol. The highest BCUT2D eigenvalue weighted by Gasteiger charge is 2.24. The van der Waals surface area contributed by atoms with Gasteiger partial charge in [-0.1, -0.05) is 6.42 Å². The van der Waals surface area contributed by atoms with Crippen LogP contribution in [0.25, 0.3) is 5.69 Å². The van der Waals surface area contributed by atoms with Crippen LogP contribution in [0.4, 0.5) is 10.2 Å². The smallest absolute Gasteiger partial charge is 0.133 e. The Bertz CT molecular complexity index is 656. The summed E-state index contributed by atoms with van der Waals surface area (Å²) in [5, 5.41) is 8.24. The lowest BCUT2D eigenvalue weighted by Crippen LogP contribution is -2.29. The summed E-state index contributed by atoms with van der Waals surface area (Å²) in [6.45, 7) is 4.23. The van der Waals surface area contributed by atoms with Gasteiger partial charge in [0, 0.05) is 18.7 Å². The van der Waals surface area contributed by atoms with Gasteiger partial charge >= 0.3 is 0 Å². The number of likely N-dealkylation sites (tertiary alicyclic amines) is 1. The van der Waals surface area contributed by atoms with Crippen LogP contribution in [0.2, 0.25) is 0 Å². The van der Waals surface area contributed by atoms with Gasteiger partial charge in [-0.3, -0.25) is 4.90 Å². The molecule has 0 spiro atoms. The molecule has 4 rings (SSSR count). The van der Waals surface area contributed by atoms with E-state index in [9.17, 15) is 4.39 Å². The van der Waals surface area contributed by atoms with E-state index in [1.807, 2.05) is 4.68 Å². The zero-order chi connectivity index (χ0) is 14.9. The van der Waals surface area contributed by atoms with Crippen molar-refractivity contribution in [3.05, 3.63) is 41.3 Å². The minimum absolute atomic E-state index is 0.214. The van der Waals surface area contributed by atoms with Gasteiger partial charge in [0.2, 0.25) is 0 Å². The minimum atomic E-state index is -0.214. The summed E-state index contributed by atoms with van der Waals surface area (Å²) in [4.78, 5) is 2.50. The molecule has 0 unspecified atom stereocenters. The lowest BCUT2D eigenvalue weighted by molar-refractivity contribution is 0.217. The number of fused-ring (bicyclic) bond motifs is 1. The molecule has 0 bridgehead atoms. The number of benzene rings is 1. The average Bonchev–Trinajstić information content (AvgIpc) is 3.13. The summed E-state index contributed by atoms with van der Waals surface area (Å²) in [5.74, 6) is 0.868. The summed E-state index contributed by atoms with van der Waals surface area (Å²) in [6, 6.07) is 6.55. The normalized spacial score (nSPS) is 18.2. The van der Waals surface area contributed by atoms with Gasteiger partial charge in [0.25, 0.3) is 0 Å². The summed E-state index contributed by atoms with van der Waals surface area (Å²) in [5.41, 5.74) is 3.41. The molecule has 0 amide bonds. The molecular weight excluding hydrogens is 279 g/mol. The Morgan fingerprint density at radius 3 is 2.64 bits per heavy atom. The number of hydrogen-bond donors (Lipinski definition) is 1. The average molecular weight is 300 g/mol. The van der Waals surface area contributed by atoms with Crippen LogP contribution >= 0.6 is 0 Å². The molecule has 22 heavy (non-hydrogen) atoms. The maximum Gasteiger partial charge on any atom is 0.133 e. The van der Waals surface area contributed by atoms with Crippen LogP contribution < -0.4 is 5.32 Å². The van der Waals surface area contributed by atoms with Gasteiger partial charge in [-0.25, -0.2) is 9.07 Å². The van der Waals surface area contributed by atoms with Crippen LogP contribution in [0, 0.1) is 5.82 Å². The van der Waals surface area contributed by atoms with E-state index in [2.05, 4.69) is 10.2 Å². The predicted octanol–water partition coefficient (Wildman–Crippen LogP) is 2.97. The topological polar surface area (TPSA) is 33.1 Å². The van der Waals surface area contributed by atoms with Crippen molar-refractivity contribution in [2.75, 3.05) is 25.0 Å². The van der Waals surface area contributed by atoms with Gasteiger partial charge in [-0.15, -0.1) is 0 Å². The molecule has 3 heterocycles. The molecule has 1 N–H and O–H groups in total. The molecular formula is C17H21FN4. The van der Waals surface area contributed by atoms with E-state index < -0.39 is 0 Å². The lowest BCUT2D eigenvalue weighted by Gasteiger charge is -2.25. The lowest BCUT2D eigenvalue weighted by atomic mass is 10.1. The quantitative estimate of drug-likeness (QED) is 0.946. The van der Waals surface area contributed by atoms with Crippen LogP contribution in [0.1, 0.15) is 30.5 Å². The zero-order valence-electron chi connectivity index (χ0n) is 12.7.